The molecular weight excluding hydrogens is 380 g/mol. The maximum absolute atomic E-state index is 14.0. The summed E-state index contributed by atoms with van der Waals surface area (Å²) in [4.78, 5) is 34.0. The fourth-order valence-electron chi connectivity index (χ4n) is 3.22. The lowest BCUT2D eigenvalue weighted by atomic mass is 9.98. The lowest BCUT2D eigenvalue weighted by Crippen LogP contribution is -2.55. The molecule has 3 rings (SSSR count). The van der Waals surface area contributed by atoms with Gasteiger partial charge in [-0.15, -0.1) is 0 Å². The Kier molecular flexibility index (Phi) is 6.05. The molecule has 1 atom stereocenters. The molecule has 0 radical (unpaired) electrons. The van der Waals surface area contributed by atoms with Gasteiger partial charge in [0.2, 0.25) is 5.91 Å². The van der Waals surface area contributed by atoms with E-state index in [1.54, 1.807) is 43.5 Å². The minimum absolute atomic E-state index is 0.0939. The summed E-state index contributed by atoms with van der Waals surface area (Å²) in [6.45, 7) is 2.48. The summed E-state index contributed by atoms with van der Waals surface area (Å²) in [6, 6.07) is 8.21. The van der Waals surface area contributed by atoms with Crippen molar-refractivity contribution >= 4 is 23.5 Å². The summed E-state index contributed by atoms with van der Waals surface area (Å²) in [6.07, 6.45) is 1.39. The highest BCUT2D eigenvalue weighted by molar-refractivity contribution is 5.94. The molecule has 2 amide bonds. The van der Waals surface area contributed by atoms with Crippen LogP contribution in [0.3, 0.4) is 0 Å². The smallest absolute Gasteiger partial charge is 0.273 e. The van der Waals surface area contributed by atoms with Crippen LogP contribution >= 0.6 is 0 Å². The average Bonchev–Trinajstić information content (AvgIpc) is 2.68. The number of hydrogen-bond donors (Lipinski definition) is 2. The standard InChI is InChI=1S/C20H23F2N5O2/c1-13-6-7-17(25-16-5-3-4-10-23-16)26-18(13)19(29)27-12-20(21,22)9-8-15(27)11-24-14(2)28/h3-7,10,15H,8-9,11-12H2,1-2H3,(H,24,28)(H,23,25,26). The molecule has 0 aromatic carbocycles. The Morgan fingerprint density at radius 2 is 2.03 bits per heavy atom. The highest BCUT2D eigenvalue weighted by atomic mass is 19.3. The molecule has 1 aliphatic rings. The predicted molar refractivity (Wildman–Crippen MR) is 104 cm³/mol. The van der Waals surface area contributed by atoms with Gasteiger partial charge in [0.05, 0.1) is 6.54 Å². The van der Waals surface area contributed by atoms with E-state index in [0.717, 1.165) is 4.90 Å². The maximum Gasteiger partial charge on any atom is 0.273 e. The topological polar surface area (TPSA) is 87.2 Å². The Hall–Kier alpha value is -3.10. The molecule has 2 N–H and O–H groups in total. The van der Waals surface area contributed by atoms with E-state index in [0.29, 0.717) is 17.2 Å². The quantitative estimate of drug-likeness (QED) is 0.802. The highest BCUT2D eigenvalue weighted by Crippen LogP contribution is 2.31. The van der Waals surface area contributed by atoms with Gasteiger partial charge >= 0.3 is 0 Å². The Bertz CT molecular complexity index is 892. The number of hydrogen-bond acceptors (Lipinski definition) is 5. The number of likely N-dealkylation sites (tertiary alicyclic amines) is 1. The van der Waals surface area contributed by atoms with Crippen LogP contribution in [0.25, 0.3) is 0 Å². The van der Waals surface area contributed by atoms with Crippen molar-refractivity contribution in [3.05, 3.63) is 47.8 Å². The van der Waals surface area contributed by atoms with Crippen molar-refractivity contribution in [2.24, 2.45) is 0 Å². The second-order valence-electron chi connectivity index (χ2n) is 7.12. The Morgan fingerprint density at radius 1 is 1.24 bits per heavy atom. The summed E-state index contributed by atoms with van der Waals surface area (Å²) >= 11 is 0. The third-order valence-corrected chi connectivity index (χ3v) is 4.75. The molecule has 3 heterocycles. The van der Waals surface area contributed by atoms with Gasteiger partial charge in [0, 0.05) is 32.1 Å². The van der Waals surface area contributed by atoms with Crippen molar-refractivity contribution in [3.63, 3.8) is 0 Å². The van der Waals surface area contributed by atoms with E-state index in [9.17, 15) is 18.4 Å². The van der Waals surface area contributed by atoms with Gasteiger partial charge in [0.15, 0.2) is 0 Å². The number of nitrogens with one attached hydrogen (secondary N) is 2. The number of anilines is 2. The number of aromatic nitrogens is 2. The van der Waals surface area contributed by atoms with Gasteiger partial charge in [-0.1, -0.05) is 12.1 Å². The molecule has 0 saturated carbocycles. The largest absolute Gasteiger partial charge is 0.354 e. The molecule has 2 aromatic heterocycles. The second kappa shape index (κ2) is 8.50. The van der Waals surface area contributed by atoms with Crippen LogP contribution in [0.15, 0.2) is 36.5 Å². The van der Waals surface area contributed by atoms with Gasteiger partial charge in [0.1, 0.15) is 17.3 Å². The lowest BCUT2D eigenvalue weighted by molar-refractivity contribution is -0.119. The Morgan fingerprint density at radius 3 is 2.72 bits per heavy atom. The molecule has 1 fully saturated rings. The monoisotopic (exact) mass is 403 g/mol. The molecule has 154 valence electrons. The molecule has 0 bridgehead atoms. The number of amides is 2. The van der Waals surface area contributed by atoms with Crippen LogP contribution < -0.4 is 10.6 Å². The first-order chi connectivity index (χ1) is 13.7. The molecule has 2 aromatic rings. The third kappa shape index (κ3) is 5.24. The third-order valence-electron chi connectivity index (χ3n) is 4.75. The number of carbonyl (C=O) groups excluding carboxylic acids is 2. The molecule has 0 spiro atoms. The molecule has 1 unspecified atom stereocenters. The van der Waals surface area contributed by atoms with E-state index in [4.69, 9.17) is 0 Å². The van der Waals surface area contributed by atoms with Gasteiger partial charge in [-0.2, -0.15) is 0 Å². The SMILES string of the molecule is CC(=O)NCC1CCC(F)(F)CN1C(=O)c1nc(Nc2ccccn2)ccc1C. The van der Waals surface area contributed by atoms with Gasteiger partial charge < -0.3 is 15.5 Å². The van der Waals surface area contributed by atoms with E-state index in [1.165, 1.54) is 6.92 Å². The fraction of sp³-hybridized carbons (Fsp3) is 0.400. The van der Waals surface area contributed by atoms with E-state index < -0.39 is 24.4 Å². The average molecular weight is 403 g/mol. The van der Waals surface area contributed by atoms with Crippen molar-refractivity contribution in [1.82, 2.24) is 20.2 Å². The van der Waals surface area contributed by atoms with E-state index in [1.807, 2.05) is 0 Å². The summed E-state index contributed by atoms with van der Waals surface area (Å²) in [5.74, 6) is -2.89. The van der Waals surface area contributed by atoms with Gasteiger partial charge in [0.25, 0.3) is 11.8 Å². The summed E-state index contributed by atoms with van der Waals surface area (Å²) in [7, 11) is 0. The van der Waals surface area contributed by atoms with Crippen LogP contribution in [0.5, 0.6) is 0 Å². The first-order valence-corrected chi connectivity index (χ1v) is 9.34. The number of pyridine rings is 2. The van der Waals surface area contributed by atoms with Crippen LogP contribution in [0.4, 0.5) is 20.4 Å². The van der Waals surface area contributed by atoms with Gasteiger partial charge in [-0.05, 0) is 37.1 Å². The maximum atomic E-state index is 14.0. The van der Waals surface area contributed by atoms with Crippen molar-refractivity contribution in [2.75, 3.05) is 18.4 Å². The normalized spacial score (nSPS) is 18.2. The van der Waals surface area contributed by atoms with Crippen LogP contribution in [0.2, 0.25) is 0 Å². The van der Waals surface area contributed by atoms with Crippen molar-refractivity contribution < 1.29 is 18.4 Å². The second-order valence-corrected chi connectivity index (χ2v) is 7.12. The predicted octanol–water partition coefficient (Wildman–Crippen LogP) is 2.90. The first-order valence-electron chi connectivity index (χ1n) is 9.34. The molecule has 9 heteroatoms. The number of aryl methyl sites for hydroxylation is 1. The summed E-state index contributed by atoms with van der Waals surface area (Å²) < 4.78 is 28.1. The number of nitrogens with zero attached hydrogens (tertiary/aromatic N) is 3. The molecular formula is C20H23F2N5O2. The molecule has 1 aliphatic heterocycles. The summed E-state index contributed by atoms with van der Waals surface area (Å²) in [5.41, 5.74) is 0.671. The number of halogens is 2. The zero-order valence-electron chi connectivity index (χ0n) is 16.3. The van der Waals surface area contributed by atoms with Gasteiger partial charge in [-0.25, -0.2) is 18.7 Å². The molecule has 1 saturated heterocycles. The van der Waals surface area contributed by atoms with Crippen LogP contribution in [-0.4, -0.2) is 51.7 Å². The molecule has 7 nitrogen and oxygen atoms in total. The van der Waals surface area contributed by atoms with Crippen LogP contribution in [0, 0.1) is 6.92 Å². The Balaban J connectivity index is 1.85. The van der Waals surface area contributed by atoms with Gasteiger partial charge in [-0.3, -0.25) is 9.59 Å². The molecule has 0 aliphatic carbocycles. The van der Waals surface area contributed by atoms with Crippen molar-refractivity contribution in [2.45, 2.75) is 38.7 Å². The zero-order valence-corrected chi connectivity index (χ0v) is 16.3. The number of piperidine rings is 1. The molecule has 29 heavy (non-hydrogen) atoms. The number of alkyl halides is 2. The minimum Gasteiger partial charge on any atom is -0.354 e. The van der Waals surface area contributed by atoms with Crippen molar-refractivity contribution in [1.29, 1.82) is 0 Å². The van der Waals surface area contributed by atoms with Crippen molar-refractivity contribution in [3.8, 4) is 0 Å². The van der Waals surface area contributed by atoms with Crippen LogP contribution in [0.1, 0.15) is 35.8 Å². The van der Waals surface area contributed by atoms with E-state index in [2.05, 4.69) is 20.6 Å². The highest BCUT2D eigenvalue weighted by Gasteiger charge is 2.42. The number of carbonyl (C=O) groups is 2. The minimum atomic E-state index is -2.97. The first kappa shape index (κ1) is 20.6. The summed E-state index contributed by atoms with van der Waals surface area (Å²) in [5, 5.41) is 5.62. The lowest BCUT2D eigenvalue weighted by Gasteiger charge is -2.39. The number of rotatable bonds is 5. The van der Waals surface area contributed by atoms with Crippen LogP contribution in [-0.2, 0) is 4.79 Å². The fourth-order valence-corrected chi connectivity index (χ4v) is 3.22. The van der Waals surface area contributed by atoms with E-state index >= 15 is 0 Å². The van der Waals surface area contributed by atoms with E-state index in [-0.39, 0.29) is 31.0 Å². The Labute approximate surface area is 167 Å². The zero-order chi connectivity index (χ0) is 21.0.